The summed E-state index contributed by atoms with van der Waals surface area (Å²) >= 11 is -1.01. The first-order chi connectivity index (χ1) is 2.73. The van der Waals surface area contributed by atoms with Crippen LogP contribution in [0, 0.1) is 0 Å². The van der Waals surface area contributed by atoms with E-state index in [9.17, 15) is 0 Å². The zero-order chi connectivity index (χ0) is 5.58. The molecule has 4 heteroatoms. The maximum atomic E-state index is 5.46. The van der Waals surface area contributed by atoms with Crippen LogP contribution in [0.15, 0.2) is 0 Å². The molecule has 0 saturated heterocycles. The molecule has 2 nitrogen and oxygen atoms in total. The molecular formula is C2H10ClGaN2. The van der Waals surface area contributed by atoms with E-state index in [4.69, 9.17) is 9.64 Å². The molecule has 0 saturated carbocycles. The Morgan fingerprint density at radius 1 is 1.33 bits per heavy atom. The molecule has 0 aromatic rings. The predicted molar refractivity (Wildman–Crippen MR) is 31.7 cm³/mol. The Balaban J connectivity index is 0. The first-order valence-corrected chi connectivity index (χ1v) is 9.74. The Morgan fingerprint density at radius 3 is 1.33 bits per heavy atom. The van der Waals surface area contributed by atoms with Gasteiger partial charge in [0, 0.05) is 0 Å². The molecule has 0 bridgehead atoms. The van der Waals surface area contributed by atoms with Crippen molar-refractivity contribution in [2.24, 2.45) is 11.7 Å². The van der Waals surface area contributed by atoms with Crippen molar-refractivity contribution >= 4 is 24.9 Å². The van der Waals surface area contributed by atoms with Crippen LogP contribution in [0.3, 0.4) is 0 Å². The molecule has 0 amide bonds. The summed E-state index contributed by atoms with van der Waals surface area (Å²) in [6, 6.07) is 0. The first-order valence-electron chi connectivity index (χ1n) is 1.71. The molecule has 0 aromatic heterocycles. The van der Waals surface area contributed by atoms with Gasteiger partial charge >= 0.3 is 35.8 Å². The van der Waals surface area contributed by atoms with Crippen LogP contribution in [0.4, 0.5) is 0 Å². The van der Waals surface area contributed by atoms with Crippen molar-refractivity contribution in [2.45, 2.75) is 11.0 Å². The third-order valence-corrected chi connectivity index (χ3v) is 0. The first kappa shape index (κ1) is 9.96. The number of hydrogen-bond acceptors (Lipinski definition) is 2. The second kappa shape index (κ2) is 9.28. The molecular weight excluding hydrogens is 157 g/mol. The van der Waals surface area contributed by atoms with Gasteiger partial charge in [0.2, 0.25) is 0 Å². The van der Waals surface area contributed by atoms with E-state index >= 15 is 0 Å². The van der Waals surface area contributed by atoms with E-state index < -0.39 is 15.2 Å². The van der Waals surface area contributed by atoms with Gasteiger partial charge in [-0.2, -0.15) is 0 Å². The van der Waals surface area contributed by atoms with Crippen LogP contribution in [0.25, 0.3) is 0 Å². The quantitative estimate of drug-likeness (QED) is 0.310. The van der Waals surface area contributed by atoms with Crippen molar-refractivity contribution in [2.75, 3.05) is 0 Å². The summed E-state index contributed by atoms with van der Waals surface area (Å²) in [5.74, 6) is 8.00. The Bertz CT molecular complexity index is 16.3. The summed E-state index contributed by atoms with van der Waals surface area (Å²) in [4.78, 5) is 0. The zero-order valence-electron chi connectivity index (χ0n) is 4.11. The summed E-state index contributed by atoms with van der Waals surface area (Å²) in [6.45, 7) is 0. The van der Waals surface area contributed by atoms with Crippen LogP contribution >= 0.6 is 9.64 Å². The molecule has 0 fully saturated rings. The van der Waals surface area contributed by atoms with Crippen LogP contribution in [0.2, 0.25) is 11.0 Å². The fourth-order valence-corrected chi connectivity index (χ4v) is 0. The molecule has 0 aromatic carbocycles. The Hall–Kier alpha value is 0.846. The molecule has 38 valence electrons. The van der Waals surface area contributed by atoms with E-state index in [2.05, 4.69) is 22.6 Å². The molecule has 0 spiro atoms. The number of hydrazine groups is 1. The average Bonchev–Trinajstić information content (AvgIpc) is 1.41. The van der Waals surface area contributed by atoms with Crippen molar-refractivity contribution in [1.29, 1.82) is 0 Å². The third-order valence-electron chi connectivity index (χ3n) is 0. The predicted octanol–water partition coefficient (Wildman–Crippen LogP) is 0.295. The normalized spacial score (nSPS) is 5.50. The van der Waals surface area contributed by atoms with E-state index in [1.807, 2.05) is 0 Å². The maximum absolute atomic E-state index is 5.46. The fourth-order valence-electron chi connectivity index (χ4n) is 0. The fraction of sp³-hybridized carbons (Fsp3) is 1.00. The summed E-state index contributed by atoms with van der Waals surface area (Å²) < 4.78 is 0. The SMILES string of the molecule is NN.[CH3][Ga]([CH3])[Cl]. The Kier molecular flexibility index (Phi) is 15.4. The van der Waals surface area contributed by atoms with Gasteiger partial charge < -0.3 is 0 Å². The molecule has 0 rings (SSSR count). The molecule has 0 heterocycles. The van der Waals surface area contributed by atoms with E-state index in [0.717, 1.165) is 0 Å². The summed E-state index contributed by atoms with van der Waals surface area (Å²) in [7, 11) is 5.46. The minimum atomic E-state index is -1.01. The molecule has 0 atom stereocenters. The second-order valence-corrected chi connectivity index (χ2v) is 9.80. The second-order valence-electron chi connectivity index (χ2n) is 1.01. The van der Waals surface area contributed by atoms with Crippen LogP contribution in [-0.4, -0.2) is 15.2 Å². The molecule has 0 aliphatic rings. The van der Waals surface area contributed by atoms with E-state index in [-0.39, 0.29) is 0 Å². The Labute approximate surface area is 47.9 Å². The number of hydrogen-bond donors (Lipinski definition) is 2. The molecule has 6 heavy (non-hydrogen) atoms. The van der Waals surface area contributed by atoms with Crippen molar-refractivity contribution in [3.8, 4) is 0 Å². The van der Waals surface area contributed by atoms with Gasteiger partial charge in [-0.15, -0.1) is 0 Å². The summed E-state index contributed by atoms with van der Waals surface area (Å²) in [6.07, 6.45) is 0. The molecule has 0 aliphatic carbocycles. The van der Waals surface area contributed by atoms with Crippen molar-refractivity contribution in [3.05, 3.63) is 0 Å². The number of nitrogens with two attached hydrogens (primary N) is 2. The minimum absolute atomic E-state index is 1.01. The van der Waals surface area contributed by atoms with Gasteiger partial charge in [0.05, 0.1) is 0 Å². The van der Waals surface area contributed by atoms with Gasteiger partial charge in [-0.25, -0.2) is 0 Å². The standard InChI is InChI=1S/2CH3.ClH.Ga.H4N2/c;;;;1-2/h2*1H3;1H;;1-2H2/q;;;+1;/p-1. The van der Waals surface area contributed by atoms with Gasteiger partial charge in [0.1, 0.15) is 0 Å². The van der Waals surface area contributed by atoms with Gasteiger partial charge in [-0.1, -0.05) is 0 Å². The zero-order valence-corrected chi connectivity index (χ0v) is 7.29. The van der Waals surface area contributed by atoms with E-state index in [1.165, 1.54) is 0 Å². The topological polar surface area (TPSA) is 52.0 Å². The van der Waals surface area contributed by atoms with Gasteiger partial charge in [-0.05, 0) is 0 Å². The van der Waals surface area contributed by atoms with Crippen LogP contribution in [0.5, 0.6) is 0 Å². The van der Waals surface area contributed by atoms with E-state index in [1.54, 1.807) is 0 Å². The molecule has 0 radical (unpaired) electrons. The average molecular weight is 167 g/mol. The summed E-state index contributed by atoms with van der Waals surface area (Å²) in [5.41, 5.74) is 4.24. The van der Waals surface area contributed by atoms with Crippen molar-refractivity contribution in [1.82, 2.24) is 0 Å². The monoisotopic (exact) mass is 166 g/mol. The Morgan fingerprint density at radius 2 is 1.33 bits per heavy atom. The van der Waals surface area contributed by atoms with E-state index in [0.29, 0.717) is 0 Å². The van der Waals surface area contributed by atoms with Crippen molar-refractivity contribution in [3.63, 3.8) is 0 Å². The number of rotatable bonds is 0. The molecule has 0 aliphatic heterocycles. The van der Waals surface area contributed by atoms with Gasteiger partial charge in [0.15, 0.2) is 0 Å². The van der Waals surface area contributed by atoms with Crippen LogP contribution < -0.4 is 11.7 Å². The summed E-state index contributed by atoms with van der Waals surface area (Å²) in [5, 5.41) is 0. The van der Waals surface area contributed by atoms with Crippen LogP contribution in [-0.2, 0) is 0 Å². The van der Waals surface area contributed by atoms with Crippen molar-refractivity contribution < 1.29 is 0 Å². The third kappa shape index (κ3) is 100. The van der Waals surface area contributed by atoms with Crippen LogP contribution in [0.1, 0.15) is 0 Å². The molecule has 4 N–H and O–H groups in total. The van der Waals surface area contributed by atoms with Gasteiger partial charge in [0.25, 0.3) is 0 Å². The number of halogens is 1. The molecule has 0 unspecified atom stereocenters. The van der Waals surface area contributed by atoms with Gasteiger partial charge in [-0.3, -0.25) is 11.7 Å².